The molecule has 0 aliphatic carbocycles. The van der Waals surface area contributed by atoms with Crippen LogP contribution in [0.25, 0.3) is 0 Å². The highest BCUT2D eigenvalue weighted by Gasteiger charge is 2.23. The van der Waals surface area contributed by atoms with E-state index >= 15 is 0 Å². The first kappa shape index (κ1) is 23.6. The Morgan fingerprint density at radius 2 is 1.97 bits per heavy atom. The van der Waals surface area contributed by atoms with Crippen molar-refractivity contribution in [3.05, 3.63) is 87.6 Å². The van der Waals surface area contributed by atoms with Gasteiger partial charge >= 0.3 is 5.97 Å². The molecular formula is C26H26ClN3O4. The zero-order valence-electron chi connectivity index (χ0n) is 18.8. The fraction of sp³-hybridized carbons (Fsp3) is 0.269. The molecule has 34 heavy (non-hydrogen) atoms. The Morgan fingerprint density at radius 3 is 2.71 bits per heavy atom. The average molecular weight is 480 g/mol. The molecule has 176 valence electrons. The number of nitrogens with one attached hydrogen (secondary N) is 2. The maximum absolute atomic E-state index is 12.7. The first-order valence-electron chi connectivity index (χ1n) is 11.1. The molecule has 8 heteroatoms. The predicted molar refractivity (Wildman–Crippen MR) is 131 cm³/mol. The molecule has 7 nitrogen and oxygen atoms in total. The minimum atomic E-state index is -1.12. The van der Waals surface area contributed by atoms with Crippen molar-refractivity contribution < 1.29 is 19.4 Å². The third-order valence-electron chi connectivity index (χ3n) is 5.75. The van der Waals surface area contributed by atoms with Gasteiger partial charge in [-0.3, -0.25) is 4.79 Å². The third kappa shape index (κ3) is 5.66. The van der Waals surface area contributed by atoms with Crippen LogP contribution < -0.4 is 15.4 Å². The molecule has 3 N–H and O–H groups in total. The Morgan fingerprint density at radius 1 is 1.18 bits per heavy atom. The van der Waals surface area contributed by atoms with Gasteiger partial charge in [0, 0.05) is 13.0 Å². The third-order valence-corrected chi connectivity index (χ3v) is 6.07. The highest BCUT2D eigenvalue weighted by Crippen LogP contribution is 2.22. The Balaban J connectivity index is 1.36. The van der Waals surface area contributed by atoms with Crippen LogP contribution in [-0.4, -0.2) is 34.6 Å². The molecule has 0 saturated carbocycles. The van der Waals surface area contributed by atoms with E-state index < -0.39 is 17.9 Å². The molecule has 0 fully saturated rings. The van der Waals surface area contributed by atoms with Gasteiger partial charge in [-0.05, 0) is 60.7 Å². The molecule has 1 atom stereocenters. The van der Waals surface area contributed by atoms with Crippen molar-refractivity contribution in [3.63, 3.8) is 0 Å². The molecular weight excluding hydrogens is 454 g/mol. The van der Waals surface area contributed by atoms with E-state index in [0.29, 0.717) is 17.9 Å². The lowest BCUT2D eigenvalue weighted by atomic mass is 10.0. The number of aromatic nitrogens is 1. The summed E-state index contributed by atoms with van der Waals surface area (Å²) in [5.41, 5.74) is 3.78. The van der Waals surface area contributed by atoms with Gasteiger partial charge in [0.05, 0.1) is 16.3 Å². The number of ether oxygens (including phenoxy) is 1. The average Bonchev–Trinajstić information content (AvgIpc) is 2.83. The number of anilines is 1. The van der Waals surface area contributed by atoms with Crippen LogP contribution >= 0.6 is 11.6 Å². The Hall–Kier alpha value is -3.58. The zero-order chi connectivity index (χ0) is 24.1. The normalized spacial score (nSPS) is 13.4. The number of carbonyl (C=O) groups excluding carboxylic acids is 1. The minimum Gasteiger partial charge on any atom is -0.487 e. The number of pyridine rings is 1. The second-order valence-corrected chi connectivity index (χ2v) is 8.68. The van der Waals surface area contributed by atoms with Gasteiger partial charge in [0.1, 0.15) is 24.2 Å². The van der Waals surface area contributed by atoms with Crippen LogP contribution in [0, 0.1) is 6.92 Å². The van der Waals surface area contributed by atoms with Gasteiger partial charge in [-0.15, -0.1) is 0 Å². The standard InChI is InChI=1S/C26H26ClN3O4/c1-16-4-2-6-21(27)23(16)25(31)30-22(26(32)33)14-17-7-11-20(12-8-17)34-15-19-10-9-18-5-3-13-28-24(18)29-19/h2,4,6-12,22H,3,5,13-15H2,1H3,(H,28,29)(H,30,31)(H,32,33). The lowest BCUT2D eigenvalue weighted by molar-refractivity contribution is -0.139. The highest BCUT2D eigenvalue weighted by molar-refractivity contribution is 6.34. The van der Waals surface area contributed by atoms with E-state index in [9.17, 15) is 14.7 Å². The topological polar surface area (TPSA) is 101 Å². The predicted octanol–water partition coefficient (Wildman–Crippen LogP) is 4.41. The summed E-state index contributed by atoms with van der Waals surface area (Å²) in [5.74, 6) is -0.0526. The van der Waals surface area contributed by atoms with Crippen LogP contribution in [0.4, 0.5) is 5.82 Å². The van der Waals surface area contributed by atoms with Gasteiger partial charge in [-0.2, -0.15) is 0 Å². The Kier molecular flexibility index (Phi) is 7.33. The summed E-state index contributed by atoms with van der Waals surface area (Å²) in [4.78, 5) is 29.1. The quantitative estimate of drug-likeness (QED) is 0.442. The lowest BCUT2D eigenvalue weighted by Gasteiger charge is -2.18. The number of hydrogen-bond acceptors (Lipinski definition) is 5. The van der Waals surface area contributed by atoms with Crippen molar-refractivity contribution in [1.82, 2.24) is 10.3 Å². The van der Waals surface area contributed by atoms with Gasteiger partial charge < -0.3 is 20.5 Å². The number of nitrogens with zero attached hydrogens (tertiary/aromatic N) is 1. The smallest absolute Gasteiger partial charge is 0.326 e. The first-order chi connectivity index (χ1) is 16.4. The number of carboxylic acid groups (broad SMARTS) is 1. The largest absolute Gasteiger partial charge is 0.487 e. The number of carboxylic acids is 1. The molecule has 1 aromatic heterocycles. The van der Waals surface area contributed by atoms with E-state index in [1.807, 2.05) is 6.07 Å². The number of aryl methyl sites for hydroxylation is 2. The van der Waals surface area contributed by atoms with Crippen molar-refractivity contribution in [2.45, 2.75) is 38.8 Å². The summed E-state index contributed by atoms with van der Waals surface area (Å²) >= 11 is 6.14. The molecule has 1 aliphatic rings. The molecule has 0 spiro atoms. The van der Waals surface area contributed by atoms with Crippen molar-refractivity contribution in [2.24, 2.45) is 0 Å². The van der Waals surface area contributed by atoms with Gasteiger partial charge in [0.25, 0.3) is 5.91 Å². The summed E-state index contributed by atoms with van der Waals surface area (Å²) in [6.45, 7) is 3.02. The van der Waals surface area contributed by atoms with E-state index in [2.05, 4.69) is 21.7 Å². The first-order valence-corrected chi connectivity index (χ1v) is 11.5. The summed E-state index contributed by atoms with van der Waals surface area (Å²) < 4.78 is 5.85. The van der Waals surface area contributed by atoms with Crippen molar-refractivity contribution in [1.29, 1.82) is 0 Å². The molecule has 0 saturated heterocycles. The van der Waals surface area contributed by atoms with Gasteiger partial charge in [0.15, 0.2) is 0 Å². The number of amides is 1. The number of hydrogen-bond donors (Lipinski definition) is 3. The maximum atomic E-state index is 12.7. The van der Waals surface area contributed by atoms with Crippen LogP contribution in [0.3, 0.4) is 0 Å². The summed E-state index contributed by atoms with van der Waals surface area (Å²) in [6.07, 6.45) is 2.28. The maximum Gasteiger partial charge on any atom is 0.326 e. The van der Waals surface area contributed by atoms with Gasteiger partial charge in [-0.25, -0.2) is 9.78 Å². The summed E-state index contributed by atoms with van der Waals surface area (Å²) in [6, 6.07) is 15.2. The van der Waals surface area contributed by atoms with E-state index in [-0.39, 0.29) is 17.0 Å². The number of aliphatic carboxylic acids is 1. The molecule has 2 aromatic carbocycles. The van der Waals surface area contributed by atoms with E-state index in [4.69, 9.17) is 16.3 Å². The van der Waals surface area contributed by atoms with Crippen LogP contribution in [0.15, 0.2) is 54.6 Å². The Labute approximate surface area is 203 Å². The van der Waals surface area contributed by atoms with E-state index in [1.54, 1.807) is 49.4 Å². The van der Waals surface area contributed by atoms with Crippen molar-refractivity contribution in [2.75, 3.05) is 11.9 Å². The molecule has 1 aliphatic heterocycles. The van der Waals surface area contributed by atoms with E-state index in [0.717, 1.165) is 36.5 Å². The van der Waals surface area contributed by atoms with Gasteiger partial charge in [0.2, 0.25) is 0 Å². The minimum absolute atomic E-state index is 0.128. The molecule has 0 radical (unpaired) electrons. The number of halogens is 1. The lowest BCUT2D eigenvalue weighted by Crippen LogP contribution is -2.42. The van der Waals surface area contributed by atoms with Crippen LogP contribution in [0.5, 0.6) is 5.75 Å². The molecule has 1 unspecified atom stereocenters. The van der Waals surface area contributed by atoms with E-state index in [1.165, 1.54) is 5.56 Å². The number of benzene rings is 2. The van der Waals surface area contributed by atoms with Gasteiger partial charge in [-0.1, -0.05) is 41.9 Å². The second-order valence-electron chi connectivity index (χ2n) is 8.27. The molecule has 3 aromatic rings. The van der Waals surface area contributed by atoms with Crippen LogP contribution in [-0.2, 0) is 24.2 Å². The fourth-order valence-electron chi connectivity index (χ4n) is 3.91. The highest BCUT2D eigenvalue weighted by atomic mass is 35.5. The zero-order valence-corrected chi connectivity index (χ0v) is 19.6. The monoisotopic (exact) mass is 479 g/mol. The summed E-state index contributed by atoms with van der Waals surface area (Å²) in [7, 11) is 0. The molecule has 1 amide bonds. The second kappa shape index (κ2) is 10.6. The molecule has 4 rings (SSSR count). The number of carbonyl (C=O) groups is 2. The summed E-state index contributed by atoms with van der Waals surface area (Å²) in [5, 5.41) is 15.8. The van der Waals surface area contributed by atoms with Crippen molar-refractivity contribution in [3.8, 4) is 5.75 Å². The van der Waals surface area contributed by atoms with Crippen LogP contribution in [0.2, 0.25) is 5.02 Å². The van der Waals surface area contributed by atoms with Crippen LogP contribution in [0.1, 0.15) is 39.2 Å². The molecule has 0 bridgehead atoms. The number of fused-ring (bicyclic) bond motifs is 1. The molecule has 2 heterocycles. The SMILES string of the molecule is Cc1cccc(Cl)c1C(=O)NC(Cc1ccc(OCc2ccc3c(n2)NCCC3)cc1)C(=O)O. The Bertz CT molecular complexity index is 1180. The fourth-order valence-corrected chi connectivity index (χ4v) is 4.22. The number of rotatable bonds is 8. The van der Waals surface area contributed by atoms with Crippen molar-refractivity contribution >= 4 is 29.3 Å².